The fourth-order valence-corrected chi connectivity index (χ4v) is 8.42. The van der Waals surface area contributed by atoms with Gasteiger partial charge in [0.1, 0.15) is 24.4 Å². The van der Waals surface area contributed by atoms with Crippen molar-refractivity contribution in [3.8, 4) is 0 Å². The van der Waals surface area contributed by atoms with Crippen molar-refractivity contribution in [1.29, 1.82) is 0 Å². The highest BCUT2D eigenvalue weighted by atomic mass is 16.7. The summed E-state index contributed by atoms with van der Waals surface area (Å²) in [6.45, 7) is 3.71. The molecule has 9 heteroatoms. The van der Waals surface area contributed by atoms with E-state index >= 15 is 0 Å². The van der Waals surface area contributed by atoms with Crippen molar-refractivity contribution in [2.75, 3.05) is 13.2 Å². The van der Waals surface area contributed by atoms with Gasteiger partial charge in [-0.3, -0.25) is 4.79 Å². The molecule has 1 saturated heterocycles. The van der Waals surface area contributed by atoms with Crippen molar-refractivity contribution in [2.24, 2.45) is 0 Å². The van der Waals surface area contributed by atoms with Gasteiger partial charge in [0.2, 0.25) is 5.91 Å². The van der Waals surface area contributed by atoms with Crippen LogP contribution < -0.4 is 5.32 Å². The molecule has 6 N–H and O–H groups in total. The SMILES string of the molecule is CCCCCCC/C=C\C/C=C\CCCCCCCCCCCCCCCCCCCCCCCC(=O)NC(COC1OC(CO)C(O)C(O)C1O)C(O)/C=C/CCCCCCC. The summed E-state index contributed by atoms with van der Waals surface area (Å²) in [5, 5.41) is 54.0. The summed E-state index contributed by atoms with van der Waals surface area (Å²) in [5.74, 6) is -0.179. The van der Waals surface area contributed by atoms with E-state index in [1.54, 1.807) is 6.08 Å². The lowest BCUT2D eigenvalue weighted by molar-refractivity contribution is -0.302. The number of aliphatic hydroxyl groups excluding tert-OH is 5. The number of carbonyl (C=O) groups is 1. The average Bonchev–Trinajstić information content (AvgIpc) is 3.28. The maximum Gasteiger partial charge on any atom is 0.220 e. The maximum absolute atomic E-state index is 12.9. The molecule has 1 heterocycles. The minimum Gasteiger partial charge on any atom is -0.394 e. The fourth-order valence-electron chi connectivity index (χ4n) is 8.42. The number of ether oxygens (including phenoxy) is 2. The highest BCUT2D eigenvalue weighted by Gasteiger charge is 2.44. The highest BCUT2D eigenvalue weighted by molar-refractivity contribution is 5.76. The number of aliphatic hydroxyl groups is 5. The Kier molecular flexibility index (Phi) is 41.7. The largest absolute Gasteiger partial charge is 0.394 e. The zero-order chi connectivity index (χ0) is 45.9. The highest BCUT2D eigenvalue weighted by Crippen LogP contribution is 2.23. The van der Waals surface area contributed by atoms with Crippen LogP contribution in [0.3, 0.4) is 0 Å². The number of hydrogen-bond donors (Lipinski definition) is 6. The summed E-state index contributed by atoms with van der Waals surface area (Å²) in [6, 6.07) is -0.799. The van der Waals surface area contributed by atoms with Gasteiger partial charge in [-0.2, -0.15) is 0 Å². The zero-order valence-corrected chi connectivity index (χ0v) is 40.8. The third-order valence-electron chi connectivity index (χ3n) is 12.7. The Morgan fingerprint density at radius 1 is 0.540 bits per heavy atom. The van der Waals surface area contributed by atoms with Gasteiger partial charge in [-0.15, -0.1) is 0 Å². The van der Waals surface area contributed by atoms with Crippen LogP contribution in [0, 0.1) is 0 Å². The molecule has 370 valence electrons. The Morgan fingerprint density at radius 3 is 1.37 bits per heavy atom. The van der Waals surface area contributed by atoms with Gasteiger partial charge in [-0.25, -0.2) is 0 Å². The molecular weight excluding hydrogens is 791 g/mol. The first-order valence-electron chi connectivity index (χ1n) is 26.7. The van der Waals surface area contributed by atoms with Crippen molar-refractivity contribution in [1.82, 2.24) is 5.32 Å². The van der Waals surface area contributed by atoms with E-state index in [0.29, 0.717) is 6.42 Å². The summed E-state index contributed by atoms with van der Waals surface area (Å²) >= 11 is 0. The number of rotatable bonds is 45. The second-order valence-electron chi connectivity index (χ2n) is 18.7. The first-order valence-corrected chi connectivity index (χ1v) is 26.7. The van der Waals surface area contributed by atoms with Crippen LogP contribution in [0.25, 0.3) is 0 Å². The van der Waals surface area contributed by atoms with Gasteiger partial charge in [0.05, 0.1) is 25.4 Å². The van der Waals surface area contributed by atoms with Crippen LogP contribution in [0.1, 0.15) is 245 Å². The molecule has 0 bridgehead atoms. The Hall–Kier alpha value is -1.59. The normalized spacial score (nSPS) is 20.4. The van der Waals surface area contributed by atoms with Crippen molar-refractivity contribution in [3.63, 3.8) is 0 Å². The van der Waals surface area contributed by atoms with Crippen LogP contribution in [0.5, 0.6) is 0 Å². The summed E-state index contributed by atoms with van der Waals surface area (Å²) in [4.78, 5) is 12.9. The number of amides is 1. The van der Waals surface area contributed by atoms with Crippen LogP contribution in [-0.2, 0) is 14.3 Å². The van der Waals surface area contributed by atoms with E-state index in [1.807, 2.05) is 6.08 Å². The molecule has 9 nitrogen and oxygen atoms in total. The van der Waals surface area contributed by atoms with E-state index in [0.717, 1.165) is 44.9 Å². The number of unbranched alkanes of at least 4 members (excludes halogenated alkanes) is 31. The van der Waals surface area contributed by atoms with Gasteiger partial charge in [0.15, 0.2) is 6.29 Å². The quantitative estimate of drug-likeness (QED) is 0.0261. The molecule has 0 aromatic carbocycles. The van der Waals surface area contributed by atoms with E-state index in [1.165, 1.54) is 180 Å². The van der Waals surface area contributed by atoms with Gasteiger partial charge < -0.3 is 40.3 Å². The molecule has 1 rings (SSSR count). The zero-order valence-electron chi connectivity index (χ0n) is 40.8. The van der Waals surface area contributed by atoms with Crippen molar-refractivity contribution in [2.45, 2.75) is 288 Å². The third kappa shape index (κ3) is 34.4. The van der Waals surface area contributed by atoms with E-state index in [9.17, 15) is 30.3 Å². The van der Waals surface area contributed by atoms with E-state index < -0.39 is 49.5 Å². The average molecular weight is 892 g/mol. The Morgan fingerprint density at radius 2 is 0.937 bits per heavy atom. The molecule has 0 saturated carbocycles. The van der Waals surface area contributed by atoms with Crippen LogP contribution in [0.15, 0.2) is 36.5 Å². The molecule has 1 aliphatic heterocycles. The van der Waals surface area contributed by atoms with E-state index in [-0.39, 0.29) is 12.5 Å². The van der Waals surface area contributed by atoms with Crippen molar-refractivity contribution < 1.29 is 39.8 Å². The first-order chi connectivity index (χ1) is 30.8. The summed E-state index contributed by atoms with van der Waals surface area (Å²) in [6.07, 6.45) is 49.7. The van der Waals surface area contributed by atoms with E-state index in [4.69, 9.17) is 9.47 Å². The van der Waals surface area contributed by atoms with Gasteiger partial charge in [-0.05, 0) is 51.4 Å². The molecule has 63 heavy (non-hydrogen) atoms. The lowest BCUT2D eigenvalue weighted by atomic mass is 9.99. The number of carbonyl (C=O) groups excluding carboxylic acids is 1. The second-order valence-corrected chi connectivity index (χ2v) is 18.7. The lowest BCUT2D eigenvalue weighted by Gasteiger charge is -2.40. The first kappa shape index (κ1) is 59.4. The second kappa shape index (κ2) is 44.3. The van der Waals surface area contributed by atoms with Gasteiger partial charge in [0, 0.05) is 6.42 Å². The minimum atomic E-state index is -1.56. The molecule has 7 atom stereocenters. The molecule has 1 amide bonds. The summed E-state index contributed by atoms with van der Waals surface area (Å²) in [7, 11) is 0. The Bertz CT molecular complexity index is 1080. The molecule has 7 unspecified atom stereocenters. The molecule has 0 spiro atoms. The summed E-state index contributed by atoms with van der Waals surface area (Å²) < 4.78 is 11.2. The van der Waals surface area contributed by atoms with Crippen LogP contribution in [0.4, 0.5) is 0 Å². The Balaban J connectivity index is 2.03. The lowest BCUT2D eigenvalue weighted by Crippen LogP contribution is -2.60. The van der Waals surface area contributed by atoms with Gasteiger partial charge in [-0.1, -0.05) is 224 Å². The van der Waals surface area contributed by atoms with Crippen molar-refractivity contribution >= 4 is 5.91 Å². The maximum atomic E-state index is 12.9. The monoisotopic (exact) mass is 892 g/mol. The molecule has 0 aliphatic carbocycles. The van der Waals surface area contributed by atoms with Crippen LogP contribution in [-0.4, -0.2) is 87.5 Å². The molecule has 1 fully saturated rings. The van der Waals surface area contributed by atoms with Crippen LogP contribution in [0.2, 0.25) is 0 Å². The van der Waals surface area contributed by atoms with Crippen LogP contribution >= 0.6 is 0 Å². The fraction of sp³-hybridized carbons (Fsp3) is 0.870. The third-order valence-corrected chi connectivity index (χ3v) is 12.7. The molecule has 0 radical (unpaired) electrons. The number of allylic oxidation sites excluding steroid dienone is 5. The number of hydrogen-bond acceptors (Lipinski definition) is 8. The predicted octanol–water partition coefficient (Wildman–Crippen LogP) is 12.4. The standard InChI is InChI=1S/C54H101NO8/c1-3-5-7-9-11-12-13-14-15-16-17-18-19-20-21-22-23-24-25-26-27-28-29-30-31-32-33-34-35-36-38-40-42-44-50(58)55-47(48(57)43-41-39-37-10-8-6-4-2)46-62-54-53(61)52(60)51(59)49(45-56)63-54/h13-14,16-17,41,43,47-49,51-54,56-57,59-61H,3-12,15,18-40,42,44-46H2,1-2H3,(H,55,58)/b14-13-,17-16-,43-41+. The topological polar surface area (TPSA) is 149 Å². The predicted molar refractivity (Wildman–Crippen MR) is 263 cm³/mol. The minimum absolute atomic E-state index is 0.179. The molecular formula is C54H101NO8. The van der Waals surface area contributed by atoms with Crippen molar-refractivity contribution in [3.05, 3.63) is 36.5 Å². The summed E-state index contributed by atoms with van der Waals surface area (Å²) in [5.41, 5.74) is 0. The van der Waals surface area contributed by atoms with Gasteiger partial charge in [0.25, 0.3) is 0 Å². The molecule has 1 aliphatic rings. The molecule has 0 aromatic heterocycles. The smallest absolute Gasteiger partial charge is 0.220 e. The Labute approximate surface area is 387 Å². The van der Waals surface area contributed by atoms with E-state index in [2.05, 4.69) is 43.5 Å². The van der Waals surface area contributed by atoms with Gasteiger partial charge >= 0.3 is 0 Å². The molecule has 0 aromatic rings. The number of nitrogens with one attached hydrogen (secondary N) is 1.